The van der Waals surface area contributed by atoms with Crippen LogP contribution in [0.5, 0.6) is 0 Å². The smallest absolute Gasteiger partial charge is 0.407 e. The Morgan fingerprint density at radius 3 is 2.68 bits per heavy atom. The number of esters is 1. The highest BCUT2D eigenvalue weighted by Crippen LogP contribution is 2.45. The van der Waals surface area contributed by atoms with Gasteiger partial charge in [0.05, 0.1) is 0 Å². The van der Waals surface area contributed by atoms with Crippen molar-refractivity contribution in [1.29, 1.82) is 0 Å². The van der Waals surface area contributed by atoms with Gasteiger partial charge in [0.1, 0.15) is 12.7 Å². The molecule has 3 atom stereocenters. The van der Waals surface area contributed by atoms with E-state index < -0.39 is 24.2 Å². The number of urea groups is 1. The minimum atomic E-state index is -0.612. The van der Waals surface area contributed by atoms with E-state index >= 15 is 0 Å². The van der Waals surface area contributed by atoms with E-state index in [0.717, 1.165) is 18.9 Å². The highest BCUT2D eigenvalue weighted by Gasteiger charge is 2.42. The fraction of sp³-hybridized carbons (Fsp3) is 0.609. The number of alkyl carbamates (subject to hydrolysis) is 1. The second-order valence-corrected chi connectivity index (χ2v) is 9.99. The number of aromatic nitrogens is 2. The number of hydrogen-bond donors (Lipinski definition) is 4. The molecule has 0 radical (unpaired) electrons. The van der Waals surface area contributed by atoms with Crippen molar-refractivity contribution in [3.63, 3.8) is 0 Å². The molecular weight excluding hydrogens is 442 g/mol. The normalized spacial score (nSPS) is 22.1. The standard InChI is InChI=1S/C23H35N5O6/c1-7-18(30)33-11-15(3)34-21(32)26-16-9-22(4,5)12-23(6,10-16)13-24-20(31)28-19-25-14(2)8-17(29)27-19/h7-8,15-16H,1,9-13H2,2-6H3,(H,26,32)(H3,24,25,27,28,29,31). The zero-order valence-corrected chi connectivity index (χ0v) is 20.4. The summed E-state index contributed by atoms with van der Waals surface area (Å²) >= 11 is 0. The van der Waals surface area contributed by atoms with Gasteiger partial charge in [0.15, 0.2) is 0 Å². The Hall–Kier alpha value is -3.37. The third-order valence-electron chi connectivity index (χ3n) is 5.48. The van der Waals surface area contributed by atoms with E-state index in [9.17, 15) is 19.2 Å². The highest BCUT2D eigenvalue weighted by atomic mass is 16.6. The maximum absolute atomic E-state index is 12.4. The van der Waals surface area contributed by atoms with Crippen LogP contribution in [0.3, 0.4) is 0 Å². The highest BCUT2D eigenvalue weighted by molar-refractivity contribution is 5.87. The Kier molecular flexibility index (Phi) is 8.83. The number of anilines is 1. The molecule has 2 rings (SSSR count). The van der Waals surface area contributed by atoms with Gasteiger partial charge < -0.3 is 20.1 Å². The Bertz CT molecular complexity index is 975. The lowest BCUT2D eigenvalue weighted by atomic mass is 9.62. The summed E-state index contributed by atoms with van der Waals surface area (Å²) in [6, 6.07) is 0.690. The number of nitrogens with one attached hydrogen (secondary N) is 4. The maximum atomic E-state index is 12.4. The SMILES string of the molecule is C=CC(=O)OCC(C)OC(=O)NC1CC(C)(C)CC(C)(CNC(=O)Nc2nc(C)cc(=O)[nH]2)C1. The molecule has 11 heteroatoms. The van der Waals surface area contributed by atoms with Gasteiger partial charge in [-0.05, 0) is 43.9 Å². The molecule has 3 unspecified atom stereocenters. The third-order valence-corrected chi connectivity index (χ3v) is 5.48. The topological polar surface area (TPSA) is 152 Å². The second-order valence-electron chi connectivity index (χ2n) is 9.99. The number of amides is 3. The first kappa shape index (κ1) is 26.9. The molecule has 1 aromatic rings. The predicted molar refractivity (Wildman–Crippen MR) is 126 cm³/mol. The Labute approximate surface area is 199 Å². The molecule has 0 aromatic carbocycles. The number of ether oxygens (including phenoxy) is 2. The Morgan fingerprint density at radius 1 is 1.32 bits per heavy atom. The van der Waals surface area contributed by atoms with Crippen molar-refractivity contribution in [2.24, 2.45) is 10.8 Å². The average molecular weight is 478 g/mol. The molecule has 0 aliphatic heterocycles. The van der Waals surface area contributed by atoms with Gasteiger partial charge in [-0.2, -0.15) is 0 Å². The maximum Gasteiger partial charge on any atom is 0.407 e. The van der Waals surface area contributed by atoms with Crippen molar-refractivity contribution in [2.45, 2.75) is 66.0 Å². The molecule has 1 heterocycles. The van der Waals surface area contributed by atoms with Gasteiger partial charge in [0.25, 0.3) is 5.56 Å². The average Bonchev–Trinajstić information content (AvgIpc) is 2.68. The lowest BCUT2D eigenvalue weighted by molar-refractivity contribution is -0.140. The van der Waals surface area contributed by atoms with Crippen LogP contribution in [0.4, 0.5) is 15.5 Å². The van der Waals surface area contributed by atoms with Gasteiger partial charge in [0.2, 0.25) is 5.95 Å². The van der Waals surface area contributed by atoms with Crippen LogP contribution in [-0.2, 0) is 14.3 Å². The minimum absolute atomic E-state index is 0.0633. The summed E-state index contributed by atoms with van der Waals surface area (Å²) in [5.41, 5.74) is -0.237. The van der Waals surface area contributed by atoms with Gasteiger partial charge in [0, 0.05) is 30.4 Å². The molecule has 3 amide bonds. The van der Waals surface area contributed by atoms with Crippen molar-refractivity contribution in [1.82, 2.24) is 20.6 Å². The molecule has 34 heavy (non-hydrogen) atoms. The van der Waals surface area contributed by atoms with E-state index in [4.69, 9.17) is 9.47 Å². The van der Waals surface area contributed by atoms with Crippen molar-refractivity contribution in [3.8, 4) is 0 Å². The number of H-pyrrole nitrogens is 1. The fourth-order valence-corrected chi connectivity index (χ4v) is 4.63. The fourth-order valence-electron chi connectivity index (χ4n) is 4.63. The van der Waals surface area contributed by atoms with Crippen LogP contribution in [0, 0.1) is 17.8 Å². The zero-order valence-electron chi connectivity index (χ0n) is 20.4. The molecule has 4 N–H and O–H groups in total. The summed E-state index contributed by atoms with van der Waals surface area (Å²) in [5, 5.41) is 8.29. The first-order chi connectivity index (χ1) is 15.8. The lowest BCUT2D eigenvalue weighted by Gasteiger charge is -2.46. The molecule has 0 bridgehead atoms. The molecule has 1 aliphatic rings. The summed E-state index contributed by atoms with van der Waals surface area (Å²) in [5.74, 6) is -0.506. The number of hydrogen-bond acceptors (Lipinski definition) is 7. The lowest BCUT2D eigenvalue weighted by Crippen LogP contribution is -2.51. The summed E-state index contributed by atoms with van der Waals surface area (Å²) in [6.45, 7) is 13.2. The summed E-state index contributed by atoms with van der Waals surface area (Å²) in [4.78, 5) is 54.0. The molecule has 1 saturated carbocycles. The summed E-state index contributed by atoms with van der Waals surface area (Å²) in [6.07, 6.45) is 2.05. The van der Waals surface area contributed by atoms with Gasteiger partial charge >= 0.3 is 18.1 Å². The van der Waals surface area contributed by atoms with Crippen LogP contribution >= 0.6 is 0 Å². The summed E-state index contributed by atoms with van der Waals surface area (Å²) < 4.78 is 10.2. The van der Waals surface area contributed by atoms with Crippen LogP contribution < -0.4 is 21.5 Å². The van der Waals surface area contributed by atoms with Crippen molar-refractivity contribution in [2.75, 3.05) is 18.5 Å². The predicted octanol–water partition coefficient (Wildman–Crippen LogP) is 2.63. The molecule has 188 valence electrons. The van der Waals surface area contributed by atoms with Crippen molar-refractivity contribution in [3.05, 3.63) is 34.8 Å². The van der Waals surface area contributed by atoms with Crippen molar-refractivity contribution >= 4 is 24.0 Å². The quantitative estimate of drug-likeness (QED) is 0.332. The van der Waals surface area contributed by atoms with Gasteiger partial charge in [-0.1, -0.05) is 27.4 Å². The summed E-state index contributed by atoms with van der Waals surface area (Å²) in [7, 11) is 0. The van der Waals surface area contributed by atoms with E-state index in [1.165, 1.54) is 6.07 Å². The third kappa shape index (κ3) is 8.87. The Morgan fingerprint density at radius 2 is 2.03 bits per heavy atom. The van der Waals surface area contributed by atoms with Crippen LogP contribution in [0.25, 0.3) is 0 Å². The zero-order chi connectivity index (χ0) is 25.5. The van der Waals surface area contributed by atoms with E-state index in [1.54, 1.807) is 13.8 Å². The van der Waals surface area contributed by atoms with E-state index in [0.29, 0.717) is 18.7 Å². The minimum Gasteiger partial charge on any atom is -0.459 e. The number of aryl methyl sites for hydroxylation is 1. The molecule has 0 saturated heterocycles. The second kappa shape index (κ2) is 11.2. The number of carbonyl (C=O) groups excluding carboxylic acids is 3. The van der Waals surface area contributed by atoms with E-state index in [-0.39, 0.29) is 35.0 Å². The number of nitrogens with zero attached hydrogens (tertiary/aromatic N) is 1. The first-order valence-corrected chi connectivity index (χ1v) is 11.2. The monoisotopic (exact) mass is 477 g/mol. The molecule has 1 fully saturated rings. The largest absolute Gasteiger partial charge is 0.459 e. The van der Waals surface area contributed by atoms with E-state index in [2.05, 4.69) is 53.3 Å². The number of rotatable bonds is 8. The number of aromatic amines is 1. The first-order valence-electron chi connectivity index (χ1n) is 11.2. The molecule has 1 aromatic heterocycles. The van der Waals surface area contributed by atoms with Crippen molar-refractivity contribution < 1.29 is 23.9 Å². The van der Waals surface area contributed by atoms with Gasteiger partial charge in [-0.3, -0.25) is 15.1 Å². The molecular formula is C23H35N5O6. The number of carbonyl (C=O) groups is 3. The van der Waals surface area contributed by atoms with Crippen LogP contribution in [-0.4, -0.2) is 53.4 Å². The van der Waals surface area contributed by atoms with Gasteiger partial charge in [-0.25, -0.2) is 19.4 Å². The molecule has 11 nitrogen and oxygen atoms in total. The molecule has 1 aliphatic carbocycles. The van der Waals surface area contributed by atoms with E-state index in [1.807, 2.05) is 0 Å². The van der Waals surface area contributed by atoms with Gasteiger partial charge in [-0.15, -0.1) is 0 Å². The molecule has 0 spiro atoms. The van der Waals surface area contributed by atoms with Crippen LogP contribution in [0.2, 0.25) is 0 Å². The Balaban J connectivity index is 1.91. The van der Waals surface area contributed by atoms with Crippen LogP contribution in [0.15, 0.2) is 23.5 Å². The van der Waals surface area contributed by atoms with Crippen LogP contribution in [0.1, 0.15) is 52.7 Å².